The SMILES string of the molecule is CC/C=C\C/C=C\C/C=C\C/C=C\C/C=C\C/C=C\CCCCCCCCCCCCCCCCCCCCCCC(=O)OC(CO)COC(=O)CCCCCCCCCC/C=C\C/C=C\C/C=C\CCCCCCC. The number of allylic oxidation sites excluding steroid dienone is 18. The van der Waals surface area contributed by atoms with E-state index in [1.165, 1.54) is 193 Å². The van der Waals surface area contributed by atoms with E-state index in [2.05, 4.69) is 123 Å². The molecule has 76 heavy (non-hydrogen) atoms. The van der Waals surface area contributed by atoms with Gasteiger partial charge >= 0.3 is 11.9 Å². The predicted molar refractivity (Wildman–Crippen MR) is 334 cm³/mol. The molecule has 0 spiro atoms. The summed E-state index contributed by atoms with van der Waals surface area (Å²) in [6, 6.07) is 0. The molecule has 5 nitrogen and oxygen atoms in total. The zero-order valence-electron chi connectivity index (χ0n) is 50.0. The van der Waals surface area contributed by atoms with E-state index in [1.54, 1.807) is 0 Å². The van der Waals surface area contributed by atoms with Crippen LogP contribution in [0.1, 0.15) is 309 Å². The van der Waals surface area contributed by atoms with Gasteiger partial charge in [0.05, 0.1) is 6.61 Å². The number of carbonyl (C=O) groups excluding carboxylic acids is 2. The molecule has 0 aliphatic carbocycles. The molecular weight excluding hydrogens is 933 g/mol. The number of hydrogen-bond acceptors (Lipinski definition) is 5. The second-order valence-corrected chi connectivity index (χ2v) is 21.5. The quantitative estimate of drug-likeness (QED) is 0.0373. The van der Waals surface area contributed by atoms with Crippen molar-refractivity contribution in [2.24, 2.45) is 0 Å². The first-order valence-corrected chi connectivity index (χ1v) is 32.4. The molecule has 5 heteroatoms. The minimum atomic E-state index is -0.780. The van der Waals surface area contributed by atoms with Gasteiger partial charge in [-0.25, -0.2) is 0 Å². The van der Waals surface area contributed by atoms with Crippen LogP contribution in [0.3, 0.4) is 0 Å². The fraction of sp³-hybridized carbons (Fsp3) is 0.718. The van der Waals surface area contributed by atoms with Gasteiger partial charge in [0.15, 0.2) is 6.10 Å². The van der Waals surface area contributed by atoms with Gasteiger partial charge in [0.25, 0.3) is 0 Å². The number of carbonyl (C=O) groups is 2. The Labute approximate surface area is 471 Å². The van der Waals surface area contributed by atoms with E-state index in [1.807, 2.05) is 0 Å². The second-order valence-electron chi connectivity index (χ2n) is 21.5. The summed E-state index contributed by atoms with van der Waals surface area (Å²) < 4.78 is 10.7. The highest BCUT2D eigenvalue weighted by Crippen LogP contribution is 2.17. The molecule has 0 aliphatic heterocycles. The molecular formula is C71H122O5. The first kappa shape index (κ1) is 72.6. The lowest BCUT2D eigenvalue weighted by Crippen LogP contribution is -2.28. The Morgan fingerprint density at radius 3 is 0.855 bits per heavy atom. The monoisotopic (exact) mass is 1050 g/mol. The average Bonchev–Trinajstić information content (AvgIpc) is 3.42. The van der Waals surface area contributed by atoms with Gasteiger partial charge in [-0.2, -0.15) is 0 Å². The molecule has 0 aromatic rings. The number of ether oxygens (including phenoxy) is 2. The van der Waals surface area contributed by atoms with E-state index in [4.69, 9.17) is 9.47 Å². The molecule has 436 valence electrons. The van der Waals surface area contributed by atoms with Crippen LogP contribution >= 0.6 is 0 Å². The van der Waals surface area contributed by atoms with Crippen molar-refractivity contribution in [2.75, 3.05) is 13.2 Å². The van der Waals surface area contributed by atoms with Crippen molar-refractivity contribution < 1.29 is 24.2 Å². The Morgan fingerprint density at radius 2 is 0.566 bits per heavy atom. The maximum Gasteiger partial charge on any atom is 0.306 e. The van der Waals surface area contributed by atoms with Crippen molar-refractivity contribution in [2.45, 2.75) is 315 Å². The number of unbranched alkanes of at least 4 members (excludes halogenated alkanes) is 33. The van der Waals surface area contributed by atoms with E-state index >= 15 is 0 Å². The van der Waals surface area contributed by atoms with Gasteiger partial charge in [0, 0.05) is 12.8 Å². The van der Waals surface area contributed by atoms with Crippen molar-refractivity contribution in [3.63, 3.8) is 0 Å². The smallest absolute Gasteiger partial charge is 0.306 e. The summed E-state index contributed by atoms with van der Waals surface area (Å²) in [4.78, 5) is 24.6. The summed E-state index contributed by atoms with van der Waals surface area (Å²) in [6.45, 7) is 4.03. The van der Waals surface area contributed by atoms with Gasteiger partial charge in [-0.1, -0.05) is 303 Å². The van der Waals surface area contributed by atoms with Gasteiger partial charge in [0.1, 0.15) is 6.61 Å². The number of rotatable bonds is 59. The third kappa shape index (κ3) is 63.1. The minimum Gasteiger partial charge on any atom is -0.462 e. The first-order valence-electron chi connectivity index (χ1n) is 32.4. The summed E-state index contributed by atoms with van der Waals surface area (Å²) in [5, 5.41) is 9.68. The Hall–Kier alpha value is -3.44. The van der Waals surface area contributed by atoms with E-state index in [0.29, 0.717) is 12.8 Å². The summed E-state index contributed by atoms with van der Waals surface area (Å²) in [6.07, 6.45) is 95.2. The van der Waals surface area contributed by atoms with Gasteiger partial charge in [0.2, 0.25) is 0 Å². The number of esters is 2. The highest BCUT2D eigenvalue weighted by atomic mass is 16.6. The summed E-state index contributed by atoms with van der Waals surface area (Å²) in [5.74, 6) is -0.591. The van der Waals surface area contributed by atoms with Crippen molar-refractivity contribution in [1.29, 1.82) is 0 Å². The number of aliphatic hydroxyl groups excluding tert-OH is 1. The van der Waals surface area contributed by atoms with E-state index in [0.717, 1.165) is 89.9 Å². The highest BCUT2D eigenvalue weighted by Gasteiger charge is 2.16. The molecule has 0 heterocycles. The minimum absolute atomic E-state index is 0.0710. The fourth-order valence-corrected chi connectivity index (χ4v) is 9.22. The lowest BCUT2D eigenvalue weighted by Gasteiger charge is -2.15. The zero-order chi connectivity index (χ0) is 54.8. The molecule has 0 fully saturated rings. The van der Waals surface area contributed by atoms with Crippen LogP contribution in [0.25, 0.3) is 0 Å². The van der Waals surface area contributed by atoms with E-state index < -0.39 is 6.10 Å². The molecule has 0 rings (SSSR count). The van der Waals surface area contributed by atoms with Gasteiger partial charge in [-0.3, -0.25) is 9.59 Å². The number of aliphatic hydroxyl groups is 1. The van der Waals surface area contributed by atoms with Crippen LogP contribution in [0.15, 0.2) is 109 Å². The van der Waals surface area contributed by atoms with Crippen molar-refractivity contribution in [3.8, 4) is 0 Å². The maximum atomic E-state index is 12.3. The highest BCUT2D eigenvalue weighted by molar-refractivity contribution is 5.70. The molecule has 1 unspecified atom stereocenters. The molecule has 0 aromatic heterocycles. The van der Waals surface area contributed by atoms with Crippen LogP contribution in [0, 0.1) is 0 Å². The molecule has 1 atom stereocenters. The van der Waals surface area contributed by atoms with Crippen LogP contribution in [-0.4, -0.2) is 36.4 Å². The Morgan fingerprint density at radius 1 is 0.316 bits per heavy atom. The molecule has 0 amide bonds. The standard InChI is InChI=1S/C71H122O5/c1-3-5-7-9-11-13-15-17-19-21-23-25-27-28-29-30-31-32-33-34-35-36-37-38-39-40-41-42-44-46-48-50-52-54-56-58-60-62-64-66-71(74)76-69(67-72)68-75-70(73)65-63-61-59-57-55-53-51-49-47-45-43-26-24-22-20-18-16-14-12-10-8-6-4-2/h5,7,11,13,16-19,22-25,28-29,31-32,43,45,69,72H,3-4,6,8-10,12,14-15,20-21,26-27,30,33-42,44,46-68H2,1-2H3/b7-5-,13-11-,18-16-,19-17-,24-22-,25-23-,29-28-,32-31-,45-43-. The second kappa shape index (κ2) is 65.8. The third-order valence-electron chi connectivity index (χ3n) is 14.1. The fourth-order valence-electron chi connectivity index (χ4n) is 9.22. The largest absolute Gasteiger partial charge is 0.462 e. The van der Waals surface area contributed by atoms with Crippen LogP contribution < -0.4 is 0 Å². The predicted octanol–water partition coefficient (Wildman–Crippen LogP) is 22.4. The summed E-state index contributed by atoms with van der Waals surface area (Å²) in [7, 11) is 0. The van der Waals surface area contributed by atoms with Crippen molar-refractivity contribution >= 4 is 11.9 Å². The van der Waals surface area contributed by atoms with Crippen molar-refractivity contribution in [1.82, 2.24) is 0 Å². The Balaban J connectivity index is 3.47. The molecule has 0 bridgehead atoms. The maximum absolute atomic E-state index is 12.3. The molecule has 0 radical (unpaired) electrons. The van der Waals surface area contributed by atoms with Gasteiger partial charge in [-0.05, 0) is 103 Å². The number of hydrogen-bond donors (Lipinski definition) is 1. The van der Waals surface area contributed by atoms with Crippen LogP contribution in [0.4, 0.5) is 0 Å². The van der Waals surface area contributed by atoms with Gasteiger partial charge < -0.3 is 14.6 Å². The van der Waals surface area contributed by atoms with Crippen LogP contribution in [-0.2, 0) is 19.1 Å². The summed E-state index contributed by atoms with van der Waals surface area (Å²) >= 11 is 0. The topological polar surface area (TPSA) is 72.8 Å². The van der Waals surface area contributed by atoms with Crippen LogP contribution in [0.2, 0.25) is 0 Å². The Kier molecular flexibility index (Phi) is 62.9. The van der Waals surface area contributed by atoms with E-state index in [9.17, 15) is 14.7 Å². The molecule has 0 aliphatic rings. The molecule has 0 saturated carbocycles. The first-order chi connectivity index (χ1) is 37.6. The molecule has 0 saturated heterocycles. The third-order valence-corrected chi connectivity index (χ3v) is 14.1. The lowest BCUT2D eigenvalue weighted by molar-refractivity contribution is -0.161. The summed E-state index contributed by atoms with van der Waals surface area (Å²) in [5.41, 5.74) is 0. The molecule has 0 aromatic carbocycles. The lowest BCUT2D eigenvalue weighted by atomic mass is 10.0. The zero-order valence-corrected chi connectivity index (χ0v) is 50.0. The molecule has 1 N–H and O–H groups in total. The normalized spacial score (nSPS) is 12.9. The van der Waals surface area contributed by atoms with Crippen molar-refractivity contribution in [3.05, 3.63) is 109 Å². The Bertz CT molecular complexity index is 1470. The van der Waals surface area contributed by atoms with Crippen LogP contribution in [0.5, 0.6) is 0 Å². The van der Waals surface area contributed by atoms with Gasteiger partial charge in [-0.15, -0.1) is 0 Å². The average molecular weight is 1060 g/mol. The van der Waals surface area contributed by atoms with E-state index in [-0.39, 0.29) is 25.2 Å².